The average Bonchev–Trinajstić information content (AvgIpc) is 3.16. The Bertz CT molecular complexity index is 1390. The number of hydrogen-bond donors (Lipinski definition) is 0. The van der Waals surface area contributed by atoms with E-state index in [0.717, 1.165) is 38.7 Å². The third-order valence-corrected chi connectivity index (χ3v) is 7.54. The number of halogens is 1. The van der Waals surface area contributed by atoms with Crippen LogP contribution >= 0.6 is 23.4 Å². The first kappa shape index (κ1) is 21.7. The van der Waals surface area contributed by atoms with E-state index < -0.39 is 0 Å². The van der Waals surface area contributed by atoms with Crippen molar-refractivity contribution in [3.05, 3.63) is 82.5 Å². The van der Waals surface area contributed by atoms with E-state index >= 15 is 0 Å². The summed E-state index contributed by atoms with van der Waals surface area (Å²) in [7, 11) is 7.46. The van der Waals surface area contributed by atoms with Crippen LogP contribution in [0.15, 0.2) is 76.7 Å². The molecule has 0 fully saturated rings. The van der Waals surface area contributed by atoms with E-state index in [2.05, 4.69) is 54.4 Å². The molecular formula is C27H24ClN2O2S+. The molecule has 5 rings (SSSR count). The van der Waals surface area contributed by atoms with Gasteiger partial charge in [-0.1, -0.05) is 36.0 Å². The van der Waals surface area contributed by atoms with Crippen molar-refractivity contribution in [2.75, 3.05) is 26.2 Å². The Morgan fingerprint density at radius 2 is 1.67 bits per heavy atom. The highest BCUT2D eigenvalue weighted by Gasteiger charge is 2.25. The van der Waals surface area contributed by atoms with Gasteiger partial charge in [-0.25, -0.2) is 0 Å². The number of thioether (sulfide) groups is 1. The molecule has 2 heterocycles. The summed E-state index contributed by atoms with van der Waals surface area (Å²) in [6, 6.07) is 22.7. The fraction of sp³-hybridized carbons (Fsp3) is 0.148. The maximum Gasteiger partial charge on any atom is 0.275 e. The minimum Gasteiger partial charge on any atom is -0.496 e. The summed E-state index contributed by atoms with van der Waals surface area (Å²) in [6.45, 7) is 0. The smallest absolute Gasteiger partial charge is 0.275 e. The number of para-hydroxylation sites is 1. The lowest BCUT2D eigenvalue weighted by Crippen LogP contribution is -2.30. The molecule has 4 nitrogen and oxygen atoms in total. The van der Waals surface area contributed by atoms with Gasteiger partial charge in [-0.3, -0.25) is 0 Å². The third-order valence-electron chi connectivity index (χ3n) is 6.03. The maximum atomic E-state index is 6.54. The quantitative estimate of drug-likeness (QED) is 0.247. The lowest BCUT2D eigenvalue weighted by molar-refractivity contribution is -0.642. The van der Waals surface area contributed by atoms with Crippen LogP contribution in [0.1, 0.15) is 5.56 Å². The van der Waals surface area contributed by atoms with Crippen LogP contribution < -0.4 is 18.9 Å². The molecule has 0 N–H and O–H groups in total. The Morgan fingerprint density at radius 3 is 2.39 bits per heavy atom. The Hall–Kier alpha value is -3.15. The van der Waals surface area contributed by atoms with E-state index in [1.165, 1.54) is 16.0 Å². The summed E-state index contributed by atoms with van der Waals surface area (Å²) in [5, 5.41) is 3.01. The van der Waals surface area contributed by atoms with Gasteiger partial charge in [0.1, 0.15) is 18.5 Å². The van der Waals surface area contributed by atoms with Gasteiger partial charge in [0.15, 0.2) is 0 Å². The third kappa shape index (κ3) is 3.71. The monoisotopic (exact) mass is 475 g/mol. The predicted octanol–water partition coefficient (Wildman–Crippen LogP) is 6.54. The zero-order valence-electron chi connectivity index (χ0n) is 18.9. The second-order valence-corrected chi connectivity index (χ2v) is 9.31. The van der Waals surface area contributed by atoms with Crippen molar-refractivity contribution in [3.8, 4) is 22.6 Å². The van der Waals surface area contributed by atoms with Gasteiger partial charge < -0.3 is 14.4 Å². The molecule has 1 aliphatic heterocycles. The zero-order valence-corrected chi connectivity index (χ0v) is 20.5. The van der Waals surface area contributed by atoms with Crippen molar-refractivity contribution >= 4 is 46.0 Å². The number of anilines is 1. The summed E-state index contributed by atoms with van der Waals surface area (Å²) in [6.07, 6.45) is 2.21. The Labute approximate surface area is 203 Å². The lowest BCUT2D eigenvalue weighted by atomic mass is 10.0. The second kappa shape index (κ2) is 8.65. The number of pyridine rings is 1. The zero-order chi connectivity index (χ0) is 23.1. The van der Waals surface area contributed by atoms with E-state index in [-0.39, 0.29) is 0 Å². The molecule has 166 valence electrons. The maximum absolute atomic E-state index is 6.54. The summed E-state index contributed by atoms with van der Waals surface area (Å²) in [4.78, 5) is 3.41. The van der Waals surface area contributed by atoms with Crippen LogP contribution in [0.25, 0.3) is 28.1 Å². The van der Waals surface area contributed by atoms with Crippen molar-refractivity contribution in [2.45, 2.75) is 4.90 Å². The van der Waals surface area contributed by atoms with E-state index in [0.29, 0.717) is 5.15 Å². The Kier molecular flexibility index (Phi) is 5.69. The normalized spacial score (nSPS) is 14.1. The standard InChI is InChI=1S/C27H24ClN2O2S/c1-29-20-9-6-5-8-19(20)18(15-25(29)28)16-26-30(2)21-13-12-17(14-24(21)33-26)27-22(31-3)10-7-11-23(27)32-4/h5-16H,1-4H3/q+1. The number of fused-ring (bicyclic) bond motifs is 2. The summed E-state index contributed by atoms with van der Waals surface area (Å²) in [5.41, 5.74) is 5.39. The van der Waals surface area contributed by atoms with Gasteiger partial charge in [0.2, 0.25) is 5.52 Å². The molecule has 3 aromatic carbocycles. The van der Waals surface area contributed by atoms with Crippen LogP contribution in [-0.4, -0.2) is 21.3 Å². The molecule has 1 aliphatic rings. The fourth-order valence-electron chi connectivity index (χ4n) is 4.27. The molecule has 0 aliphatic carbocycles. The summed E-state index contributed by atoms with van der Waals surface area (Å²) in [5.74, 6) is 1.58. The van der Waals surface area contributed by atoms with Crippen LogP contribution in [0.5, 0.6) is 11.5 Å². The van der Waals surface area contributed by atoms with Crippen LogP contribution in [0, 0.1) is 0 Å². The van der Waals surface area contributed by atoms with Gasteiger partial charge in [-0.15, -0.1) is 0 Å². The van der Waals surface area contributed by atoms with Gasteiger partial charge in [0.25, 0.3) is 5.15 Å². The highest BCUT2D eigenvalue weighted by molar-refractivity contribution is 8.03. The number of rotatable bonds is 4. The lowest BCUT2D eigenvalue weighted by Gasteiger charge is -2.16. The highest BCUT2D eigenvalue weighted by atomic mass is 35.5. The van der Waals surface area contributed by atoms with Crippen molar-refractivity contribution in [3.63, 3.8) is 0 Å². The molecule has 0 saturated carbocycles. The molecule has 0 spiro atoms. The van der Waals surface area contributed by atoms with Crippen molar-refractivity contribution in [2.24, 2.45) is 7.05 Å². The van der Waals surface area contributed by atoms with Crippen LogP contribution in [0.2, 0.25) is 5.15 Å². The number of aryl methyl sites for hydroxylation is 1. The molecule has 4 aromatic rings. The Morgan fingerprint density at radius 1 is 0.939 bits per heavy atom. The predicted molar refractivity (Wildman–Crippen MR) is 137 cm³/mol. The molecule has 33 heavy (non-hydrogen) atoms. The summed E-state index contributed by atoms with van der Waals surface area (Å²) >= 11 is 8.29. The molecule has 0 bridgehead atoms. The molecule has 0 radical (unpaired) electrons. The van der Waals surface area contributed by atoms with Gasteiger partial charge >= 0.3 is 0 Å². The van der Waals surface area contributed by atoms with Gasteiger partial charge in [-0.2, -0.15) is 4.57 Å². The fourth-order valence-corrected chi connectivity index (χ4v) is 5.62. The van der Waals surface area contributed by atoms with Crippen LogP contribution in [-0.2, 0) is 7.05 Å². The van der Waals surface area contributed by atoms with Crippen molar-refractivity contribution < 1.29 is 14.0 Å². The van der Waals surface area contributed by atoms with E-state index in [1.807, 2.05) is 41.9 Å². The molecule has 1 aromatic heterocycles. The largest absolute Gasteiger partial charge is 0.496 e. The minimum absolute atomic E-state index is 0.703. The van der Waals surface area contributed by atoms with Gasteiger partial charge in [-0.05, 0) is 59.1 Å². The Balaban J connectivity index is 1.58. The minimum atomic E-state index is 0.703. The average molecular weight is 476 g/mol. The topological polar surface area (TPSA) is 25.6 Å². The first-order chi connectivity index (χ1) is 16.0. The number of aromatic nitrogens is 1. The van der Waals surface area contributed by atoms with E-state index in [4.69, 9.17) is 21.1 Å². The molecule has 0 atom stereocenters. The van der Waals surface area contributed by atoms with Crippen LogP contribution in [0.4, 0.5) is 5.69 Å². The highest BCUT2D eigenvalue weighted by Crippen LogP contribution is 2.49. The number of nitrogens with zero attached hydrogens (tertiary/aromatic N) is 2. The van der Waals surface area contributed by atoms with Crippen molar-refractivity contribution in [1.82, 2.24) is 0 Å². The number of ether oxygens (including phenoxy) is 2. The number of benzene rings is 3. The molecule has 0 amide bonds. The summed E-state index contributed by atoms with van der Waals surface area (Å²) < 4.78 is 13.2. The van der Waals surface area contributed by atoms with Gasteiger partial charge in [0, 0.05) is 24.1 Å². The molecule has 6 heteroatoms. The second-order valence-electron chi connectivity index (χ2n) is 7.86. The molecular weight excluding hydrogens is 452 g/mol. The first-order valence-electron chi connectivity index (χ1n) is 10.6. The van der Waals surface area contributed by atoms with E-state index in [9.17, 15) is 0 Å². The number of hydrogen-bond acceptors (Lipinski definition) is 4. The molecule has 0 unspecified atom stereocenters. The molecule has 0 saturated heterocycles. The first-order valence-corrected chi connectivity index (χ1v) is 11.8. The van der Waals surface area contributed by atoms with Gasteiger partial charge in [0.05, 0.1) is 35.9 Å². The number of methoxy groups -OCH3 is 2. The van der Waals surface area contributed by atoms with Crippen molar-refractivity contribution in [1.29, 1.82) is 0 Å². The SMILES string of the molecule is COc1cccc(OC)c1-c1ccc2c(c1)SC(=Cc1cc(Cl)[n+](C)c3ccccc13)N2C. The van der Waals surface area contributed by atoms with E-state index in [1.54, 1.807) is 26.0 Å². The van der Waals surface area contributed by atoms with Crippen LogP contribution in [0.3, 0.4) is 0 Å².